The van der Waals surface area contributed by atoms with Gasteiger partial charge in [-0.25, -0.2) is 8.91 Å². The first-order chi connectivity index (χ1) is 13.1. The van der Waals surface area contributed by atoms with Gasteiger partial charge in [0, 0.05) is 17.1 Å². The molecule has 0 amide bonds. The number of aryl methyl sites for hydroxylation is 2. The topological polar surface area (TPSA) is 60.0 Å². The summed E-state index contributed by atoms with van der Waals surface area (Å²) in [6.45, 7) is 5.85. The first kappa shape index (κ1) is 16.4. The number of hydrogen-bond acceptors (Lipinski definition) is 4. The Morgan fingerprint density at radius 2 is 1.89 bits per heavy atom. The molecule has 5 rings (SSSR count). The molecule has 1 fully saturated rings. The molecule has 0 atom stereocenters. The van der Waals surface area contributed by atoms with Crippen molar-refractivity contribution in [2.24, 2.45) is 0 Å². The van der Waals surface area contributed by atoms with E-state index in [1.165, 1.54) is 6.07 Å². The van der Waals surface area contributed by atoms with E-state index < -0.39 is 0 Å². The molecule has 1 aromatic carbocycles. The minimum Gasteiger partial charge on any atom is -0.317 e. The molecule has 0 aliphatic carbocycles. The molecule has 4 heterocycles. The lowest BCUT2D eigenvalue weighted by Gasteiger charge is -2.22. The second-order valence-corrected chi connectivity index (χ2v) is 7.31. The van der Waals surface area contributed by atoms with Gasteiger partial charge < -0.3 is 5.32 Å². The number of nitrogens with one attached hydrogen (secondary N) is 1. The van der Waals surface area contributed by atoms with Crippen molar-refractivity contribution in [1.29, 1.82) is 0 Å². The number of aromatic nitrogens is 5. The van der Waals surface area contributed by atoms with Crippen molar-refractivity contribution in [1.82, 2.24) is 29.7 Å². The molecule has 1 aliphatic heterocycles. The van der Waals surface area contributed by atoms with Gasteiger partial charge in [0.05, 0.1) is 34.8 Å². The van der Waals surface area contributed by atoms with Gasteiger partial charge in [-0.3, -0.25) is 9.67 Å². The van der Waals surface area contributed by atoms with Crippen LogP contribution in [0.25, 0.3) is 27.7 Å². The summed E-state index contributed by atoms with van der Waals surface area (Å²) in [5.41, 5.74) is 4.66. The monoisotopic (exact) mass is 364 g/mol. The molecule has 27 heavy (non-hydrogen) atoms. The summed E-state index contributed by atoms with van der Waals surface area (Å²) in [6, 6.07) is 5.79. The Hall–Kier alpha value is -2.80. The van der Waals surface area contributed by atoms with Crippen LogP contribution in [0.4, 0.5) is 4.39 Å². The van der Waals surface area contributed by atoms with Gasteiger partial charge in [0.2, 0.25) is 0 Å². The van der Waals surface area contributed by atoms with Crippen LogP contribution in [0.1, 0.15) is 30.3 Å². The first-order valence-electron chi connectivity index (χ1n) is 9.31. The molecule has 138 valence electrons. The van der Waals surface area contributed by atoms with Crippen molar-refractivity contribution in [2.45, 2.75) is 32.7 Å². The third kappa shape index (κ3) is 2.78. The average molecular weight is 364 g/mol. The fraction of sp³-hybridized carbons (Fsp3) is 0.350. The number of halogens is 1. The van der Waals surface area contributed by atoms with Gasteiger partial charge in [-0.15, -0.1) is 0 Å². The largest absolute Gasteiger partial charge is 0.317 e. The molecule has 1 N–H and O–H groups in total. The fourth-order valence-electron chi connectivity index (χ4n) is 3.95. The summed E-state index contributed by atoms with van der Waals surface area (Å²) in [5.74, 6) is -0.307. The van der Waals surface area contributed by atoms with Crippen LogP contribution in [0.2, 0.25) is 0 Å². The number of fused-ring (bicyclic) bond motifs is 2. The van der Waals surface area contributed by atoms with E-state index in [9.17, 15) is 4.39 Å². The van der Waals surface area contributed by atoms with Gasteiger partial charge >= 0.3 is 0 Å². The zero-order valence-electron chi connectivity index (χ0n) is 15.4. The van der Waals surface area contributed by atoms with Crippen LogP contribution in [-0.2, 0) is 0 Å². The van der Waals surface area contributed by atoms with Crippen LogP contribution in [0.15, 0.2) is 30.6 Å². The Labute approximate surface area is 156 Å². The quantitative estimate of drug-likeness (QED) is 0.592. The average Bonchev–Trinajstić information content (AvgIpc) is 3.27. The third-order valence-electron chi connectivity index (χ3n) is 5.32. The summed E-state index contributed by atoms with van der Waals surface area (Å²) in [5, 5.41) is 13.3. The minimum atomic E-state index is -0.307. The van der Waals surface area contributed by atoms with E-state index in [-0.39, 0.29) is 5.82 Å². The number of nitrogens with zero attached hydrogens (tertiary/aromatic N) is 5. The van der Waals surface area contributed by atoms with Gasteiger partial charge in [-0.1, -0.05) is 0 Å². The lowest BCUT2D eigenvalue weighted by molar-refractivity contribution is 0.344. The highest BCUT2D eigenvalue weighted by Crippen LogP contribution is 2.29. The molecule has 7 heteroatoms. The first-order valence-corrected chi connectivity index (χ1v) is 9.31. The summed E-state index contributed by atoms with van der Waals surface area (Å²) in [6.07, 6.45) is 5.88. The lowest BCUT2D eigenvalue weighted by Crippen LogP contribution is -2.29. The van der Waals surface area contributed by atoms with Gasteiger partial charge in [0.25, 0.3) is 0 Å². The highest BCUT2D eigenvalue weighted by molar-refractivity contribution is 5.84. The van der Waals surface area contributed by atoms with E-state index in [0.29, 0.717) is 11.6 Å². The van der Waals surface area contributed by atoms with Gasteiger partial charge in [0.1, 0.15) is 5.52 Å². The van der Waals surface area contributed by atoms with Gasteiger partial charge in [-0.2, -0.15) is 10.2 Å². The van der Waals surface area contributed by atoms with Crippen molar-refractivity contribution >= 4 is 16.4 Å². The molecule has 1 aliphatic rings. The normalized spacial score (nSPS) is 15.8. The number of rotatable bonds is 2. The Kier molecular flexibility index (Phi) is 3.72. The molecule has 0 saturated carbocycles. The summed E-state index contributed by atoms with van der Waals surface area (Å²) >= 11 is 0. The number of piperidine rings is 1. The summed E-state index contributed by atoms with van der Waals surface area (Å²) < 4.78 is 18.5. The molecular formula is C20H21FN6. The highest BCUT2D eigenvalue weighted by Gasteiger charge is 2.18. The predicted octanol–water partition coefficient (Wildman–Crippen LogP) is 3.43. The van der Waals surface area contributed by atoms with E-state index in [2.05, 4.69) is 20.5 Å². The molecule has 1 saturated heterocycles. The number of hydrogen-bond donors (Lipinski definition) is 1. The smallest absolute Gasteiger partial charge is 0.151 e. The highest BCUT2D eigenvalue weighted by atomic mass is 19.1. The van der Waals surface area contributed by atoms with Gasteiger partial charge in [0.15, 0.2) is 5.82 Å². The lowest BCUT2D eigenvalue weighted by atomic mass is 10.1. The Balaban J connectivity index is 1.60. The Morgan fingerprint density at radius 3 is 2.70 bits per heavy atom. The Bertz CT molecular complexity index is 1150. The molecule has 4 aromatic rings. The van der Waals surface area contributed by atoms with Crippen molar-refractivity contribution in [2.75, 3.05) is 13.1 Å². The molecule has 0 unspecified atom stereocenters. The van der Waals surface area contributed by atoms with Crippen LogP contribution in [0.5, 0.6) is 0 Å². The maximum Gasteiger partial charge on any atom is 0.151 e. The van der Waals surface area contributed by atoms with Crippen molar-refractivity contribution in [3.63, 3.8) is 0 Å². The van der Waals surface area contributed by atoms with Crippen molar-refractivity contribution in [3.05, 3.63) is 47.8 Å². The minimum absolute atomic E-state index is 0.307. The van der Waals surface area contributed by atoms with E-state index in [1.54, 1.807) is 0 Å². The molecule has 3 aromatic heterocycles. The fourth-order valence-corrected chi connectivity index (χ4v) is 3.95. The Morgan fingerprint density at radius 1 is 1.07 bits per heavy atom. The predicted molar refractivity (Wildman–Crippen MR) is 102 cm³/mol. The zero-order valence-corrected chi connectivity index (χ0v) is 15.4. The van der Waals surface area contributed by atoms with E-state index in [0.717, 1.165) is 59.5 Å². The maximum atomic E-state index is 14.8. The van der Waals surface area contributed by atoms with Crippen LogP contribution >= 0.6 is 0 Å². The second kappa shape index (κ2) is 6.13. The van der Waals surface area contributed by atoms with E-state index in [4.69, 9.17) is 0 Å². The molecule has 0 bridgehead atoms. The molecule has 0 spiro atoms. The second-order valence-electron chi connectivity index (χ2n) is 7.31. The van der Waals surface area contributed by atoms with Crippen LogP contribution in [-0.4, -0.2) is 37.5 Å². The van der Waals surface area contributed by atoms with E-state index >= 15 is 0 Å². The van der Waals surface area contributed by atoms with Crippen molar-refractivity contribution < 1.29 is 4.39 Å². The van der Waals surface area contributed by atoms with Gasteiger partial charge in [-0.05, 0) is 58.0 Å². The van der Waals surface area contributed by atoms with E-state index in [1.807, 2.05) is 47.6 Å². The van der Waals surface area contributed by atoms with Crippen LogP contribution in [0.3, 0.4) is 0 Å². The maximum absolute atomic E-state index is 14.8. The van der Waals surface area contributed by atoms with Crippen LogP contribution < -0.4 is 5.32 Å². The molecular weight excluding hydrogens is 343 g/mol. The SMILES string of the molecule is Cc1cn2nc(-c3cc(F)c4nn(C5CCNCC5)cc4c3)cc2c(C)n1. The summed E-state index contributed by atoms with van der Waals surface area (Å²) in [7, 11) is 0. The molecule has 6 nitrogen and oxygen atoms in total. The van der Waals surface area contributed by atoms with Crippen molar-refractivity contribution in [3.8, 4) is 11.3 Å². The standard InChI is InChI=1S/C20H21FN6/c1-12-10-27-19(13(2)23-12)9-18(24-27)14-7-15-11-26(16-3-5-22-6-4-16)25-20(15)17(21)8-14/h7-11,16,22H,3-6H2,1-2H3. The van der Waals surface area contributed by atoms with Crippen LogP contribution in [0, 0.1) is 19.7 Å². The molecule has 0 radical (unpaired) electrons. The third-order valence-corrected chi connectivity index (χ3v) is 5.32. The summed E-state index contributed by atoms with van der Waals surface area (Å²) in [4.78, 5) is 4.48. The zero-order chi connectivity index (χ0) is 18.5. The number of benzene rings is 1.